The first kappa shape index (κ1) is 49.8. The Morgan fingerprint density at radius 1 is 0.545 bits per heavy atom. The lowest BCUT2D eigenvalue weighted by Crippen LogP contribution is -2.33. The van der Waals surface area contributed by atoms with Crippen LogP contribution in [-0.4, -0.2) is 98.0 Å². The van der Waals surface area contributed by atoms with Gasteiger partial charge >= 0.3 is 11.9 Å². The molecule has 0 saturated carbocycles. The van der Waals surface area contributed by atoms with Crippen molar-refractivity contribution in [3.05, 3.63) is 118 Å². The Bertz CT molecular complexity index is 2160. The number of aryl methyl sites for hydroxylation is 4. The third-order valence-corrected chi connectivity index (χ3v) is 12.7. The van der Waals surface area contributed by atoms with Crippen LogP contribution in [0.4, 0.5) is 0 Å². The van der Waals surface area contributed by atoms with E-state index in [4.69, 9.17) is 18.9 Å². The van der Waals surface area contributed by atoms with Crippen molar-refractivity contribution in [1.82, 2.24) is 9.80 Å². The summed E-state index contributed by atoms with van der Waals surface area (Å²) in [6.45, 7) is 18.6. The van der Waals surface area contributed by atoms with Crippen molar-refractivity contribution in [3.8, 4) is 33.8 Å². The van der Waals surface area contributed by atoms with Crippen molar-refractivity contribution >= 4 is 23.5 Å². The van der Waals surface area contributed by atoms with Crippen LogP contribution < -0.4 is 9.47 Å². The van der Waals surface area contributed by atoms with Gasteiger partial charge in [0.2, 0.25) is 0 Å². The number of carbonyl (C=O) groups is 4. The number of esters is 2. The fourth-order valence-electron chi connectivity index (χ4n) is 9.21. The number of ketones is 2. The number of likely N-dealkylation sites (tertiary alicyclic amines) is 2. The molecule has 0 aliphatic carbocycles. The molecule has 4 aromatic carbocycles. The lowest BCUT2D eigenvalue weighted by atomic mass is 9.92. The number of piperidine rings is 2. The zero-order valence-corrected chi connectivity index (χ0v) is 40.1. The Labute approximate surface area is 392 Å². The molecule has 10 nitrogen and oxygen atoms in total. The Morgan fingerprint density at radius 3 is 1.30 bits per heavy atom. The van der Waals surface area contributed by atoms with Crippen molar-refractivity contribution in [3.63, 3.8) is 0 Å². The molecule has 6 rings (SSSR count). The maximum Gasteiger partial charge on any atom is 0.331 e. The summed E-state index contributed by atoms with van der Waals surface area (Å²) < 4.78 is 24.0. The Kier molecular flexibility index (Phi) is 18.7. The summed E-state index contributed by atoms with van der Waals surface area (Å²) in [7, 11) is 0. The Hall–Kier alpha value is -5.58. The standard InChI is InChI=1S/C56H70N2O8/c1-7-43-19-11-13-21-47(43)49-37-45(33-39(3)55(49)63-31-29-57-25-15-9-16-26-57)51(59)35-41(5)65-53(61)23-24-54(62)66-42(6)36-52(60)46-34-40(4)56(64-32-30-58-27-17-10-18-28-58)50(38-46)48-22-14-12-20-44(48)8-2/h11-14,19-24,33-34,37-38,41-42H,7-10,15-18,25-32,35-36H2,1-6H3/b24-23+. The second kappa shape index (κ2) is 24.8. The fourth-order valence-corrected chi connectivity index (χ4v) is 9.21. The molecule has 0 amide bonds. The maximum absolute atomic E-state index is 13.7. The van der Waals surface area contributed by atoms with E-state index in [1.54, 1.807) is 13.8 Å². The molecule has 352 valence electrons. The van der Waals surface area contributed by atoms with Gasteiger partial charge in [-0.15, -0.1) is 0 Å². The molecular weight excluding hydrogens is 829 g/mol. The summed E-state index contributed by atoms with van der Waals surface area (Å²) in [5, 5.41) is 0. The van der Waals surface area contributed by atoms with E-state index >= 15 is 0 Å². The fraction of sp³-hybridized carbons (Fsp3) is 0.464. The Balaban J connectivity index is 1.04. The molecule has 2 atom stereocenters. The SMILES string of the molecule is CCc1ccccc1-c1cc(C(=O)CC(C)OC(=O)/C=C/C(=O)OC(C)CC(=O)c2cc(C)c(OCCN3CCCCC3)c(-c3ccccc3CC)c2)cc(C)c1OCCN1CCCCC1. The second-order valence-electron chi connectivity index (χ2n) is 17.9. The molecule has 0 N–H and O–H groups in total. The maximum atomic E-state index is 13.7. The normalized spacial score (nSPS) is 15.5. The summed E-state index contributed by atoms with van der Waals surface area (Å²) in [6, 6.07) is 23.8. The van der Waals surface area contributed by atoms with E-state index in [-0.39, 0.29) is 24.4 Å². The van der Waals surface area contributed by atoms with Crippen LogP contribution in [0.15, 0.2) is 84.9 Å². The van der Waals surface area contributed by atoms with Gasteiger partial charge in [-0.05, 0) is 150 Å². The molecule has 2 fully saturated rings. The third-order valence-electron chi connectivity index (χ3n) is 12.7. The highest BCUT2D eigenvalue weighted by Gasteiger charge is 2.23. The zero-order valence-electron chi connectivity index (χ0n) is 40.1. The summed E-state index contributed by atoms with van der Waals surface area (Å²) in [5.41, 5.74) is 8.84. The highest BCUT2D eigenvalue weighted by Crippen LogP contribution is 2.39. The third kappa shape index (κ3) is 14.0. The topological polar surface area (TPSA) is 112 Å². The molecular formula is C56H70N2O8. The monoisotopic (exact) mass is 899 g/mol. The first-order valence-corrected chi connectivity index (χ1v) is 24.3. The molecule has 4 aromatic rings. The predicted octanol–water partition coefficient (Wildman–Crippen LogP) is 10.8. The number of ether oxygens (including phenoxy) is 4. The lowest BCUT2D eigenvalue weighted by Gasteiger charge is -2.26. The van der Waals surface area contributed by atoms with E-state index < -0.39 is 24.1 Å². The van der Waals surface area contributed by atoms with Gasteiger partial charge in [-0.25, -0.2) is 9.59 Å². The minimum Gasteiger partial charge on any atom is -0.491 e. The largest absolute Gasteiger partial charge is 0.491 e. The van der Waals surface area contributed by atoms with Crippen LogP contribution in [0.3, 0.4) is 0 Å². The van der Waals surface area contributed by atoms with E-state index in [0.717, 1.165) is 120 Å². The van der Waals surface area contributed by atoms with Crippen LogP contribution in [0.5, 0.6) is 11.5 Å². The summed E-state index contributed by atoms with van der Waals surface area (Å²) in [6.07, 6.45) is 9.41. The summed E-state index contributed by atoms with van der Waals surface area (Å²) >= 11 is 0. The highest BCUT2D eigenvalue weighted by atomic mass is 16.5. The summed E-state index contributed by atoms with van der Waals surface area (Å²) in [4.78, 5) is 58.0. The van der Waals surface area contributed by atoms with E-state index in [9.17, 15) is 19.2 Å². The molecule has 2 aliphatic heterocycles. The van der Waals surface area contributed by atoms with Crippen molar-refractivity contribution < 1.29 is 38.1 Å². The van der Waals surface area contributed by atoms with Crippen LogP contribution in [0.2, 0.25) is 0 Å². The van der Waals surface area contributed by atoms with Gasteiger partial charge in [0.05, 0.1) is 0 Å². The van der Waals surface area contributed by atoms with Crippen LogP contribution in [0.1, 0.15) is 122 Å². The molecule has 2 unspecified atom stereocenters. The van der Waals surface area contributed by atoms with Gasteiger partial charge in [-0.2, -0.15) is 0 Å². The first-order chi connectivity index (χ1) is 31.9. The number of Topliss-reactive ketones (excluding diaryl/α,β-unsaturated/α-hetero) is 2. The van der Waals surface area contributed by atoms with Gasteiger partial charge in [-0.3, -0.25) is 19.4 Å². The van der Waals surface area contributed by atoms with E-state index in [1.165, 1.54) is 38.5 Å². The molecule has 0 radical (unpaired) electrons. The van der Waals surface area contributed by atoms with Crippen LogP contribution in [-0.2, 0) is 31.9 Å². The van der Waals surface area contributed by atoms with E-state index in [2.05, 4.69) is 47.9 Å². The van der Waals surface area contributed by atoms with Gasteiger partial charge in [0, 0.05) is 60.3 Å². The number of nitrogens with zero attached hydrogens (tertiary/aromatic N) is 2. The molecule has 2 heterocycles. The van der Waals surface area contributed by atoms with Crippen LogP contribution in [0, 0.1) is 13.8 Å². The molecule has 2 saturated heterocycles. The van der Waals surface area contributed by atoms with Crippen LogP contribution in [0.25, 0.3) is 22.3 Å². The average Bonchev–Trinajstić information content (AvgIpc) is 3.32. The van der Waals surface area contributed by atoms with Gasteiger partial charge < -0.3 is 18.9 Å². The molecule has 2 aliphatic rings. The molecule has 66 heavy (non-hydrogen) atoms. The second-order valence-corrected chi connectivity index (χ2v) is 17.9. The van der Waals surface area contributed by atoms with Crippen molar-refractivity contribution in [1.29, 1.82) is 0 Å². The molecule has 0 spiro atoms. The molecule has 0 aromatic heterocycles. The number of benzene rings is 4. The number of hydrogen-bond acceptors (Lipinski definition) is 10. The average molecular weight is 899 g/mol. The first-order valence-electron chi connectivity index (χ1n) is 24.3. The summed E-state index contributed by atoms with van der Waals surface area (Å²) in [5.74, 6) is -0.373. The van der Waals surface area contributed by atoms with Gasteiger partial charge in [-0.1, -0.05) is 75.2 Å². The van der Waals surface area contributed by atoms with Gasteiger partial charge in [0.25, 0.3) is 0 Å². The highest BCUT2D eigenvalue weighted by molar-refractivity contribution is 6.00. The quantitative estimate of drug-likeness (QED) is 0.0429. The van der Waals surface area contributed by atoms with Crippen LogP contribution >= 0.6 is 0 Å². The molecule has 10 heteroatoms. The van der Waals surface area contributed by atoms with Crippen molar-refractivity contribution in [2.24, 2.45) is 0 Å². The number of rotatable bonds is 22. The van der Waals surface area contributed by atoms with E-state index in [1.807, 2.05) is 62.4 Å². The molecule has 0 bridgehead atoms. The van der Waals surface area contributed by atoms with Gasteiger partial charge in [0.15, 0.2) is 11.6 Å². The minimum absolute atomic E-state index is 0.0520. The van der Waals surface area contributed by atoms with Crippen molar-refractivity contribution in [2.75, 3.05) is 52.5 Å². The van der Waals surface area contributed by atoms with Gasteiger partial charge in [0.1, 0.15) is 36.9 Å². The van der Waals surface area contributed by atoms with E-state index in [0.29, 0.717) is 24.3 Å². The lowest BCUT2D eigenvalue weighted by molar-refractivity contribution is -0.144. The van der Waals surface area contributed by atoms with Crippen molar-refractivity contribution in [2.45, 2.75) is 118 Å². The predicted molar refractivity (Wildman–Crippen MR) is 262 cm³/mol. The minimum atomic E-state index is -0.782. The number of hydrogen-bond donors (Lipinski definition) is 0. The number of carbonyl (C=O) groups excluding carboxylic acids is 4. The smallest absolute Gasteiger partial charge is 0.331 e. The zero-order chi connectivity index (χ0) is 47.0. The Morgan fingerprint density at radius 2 is 0.924 bits per heavy atom.